The molecule has 3 aliphatic rings. The van der Waals surface area contributed by atoms with Crippen molar-refractivity contribution in [3.63, 3.8) is 0 Å². The van der Waals surface area contributed by atoms with Crippen LogP contribution in [0.15, 0.2) is 0 Å². The van der Waals surface area contributed by atoms with Gasteiger partial charge in [-0.1, -0.05) is 19.8 Å². The van der Waals surface area contributed by atoms with Gasteiger partial charge < -0.3 is 5.32 Å². The molecular weight excluding hydrogens is 220 g/mol. The fourth-order valence-electron chi connectivity index (χ4n) is 4.35. The summed E-state index contributed by atoms with van der Waals surface area (Å²) in [5.41, 5.74) is 0. The van der Waals surface area contributed by atoms with Crippen LogP contribution in [-0.2, 0) is 0 Å². The summed E-state index contributed by atoms with van der Waals surface area (Å²) >= 11 is 0. The Hall–Kier alpha value is -0.0800. The second-order valence-electron chi connectivity index (χ2n) is 6.75. The van der Waals surface area contributed by atoms with E-state index in [2.05, 4.69) is 17.1 Å². The van der Waals surface area contributed by atoms with E-state index in [0.29, 0.717) is 0 Å². The molecule has 18 heavy (non-hydrogen) atoms. The van der Waals surface area contributed by atoms with Gasteiger partial charge in [0.1, 0.15) is 0 Å². The molecule has 104 valence electrons. The van der Waals surface area contributed by atoms with E-state index < -0.39 is 0 Å². The molecule has 3 fully saturated rings. The van der Waals surface area contributed by atoms with E-state index in [1.807, 2.05) is 0 Å². The number of hydrogen-bond acceptors (Lipinski definition) is 2. The van der Waals surface area contributed by atoms with E-state index in [1.165, 1.54) is 64.5 Å². The first kappa shape index (κ1) is 12.9. The summed E-state index contributed by atoms with van der Waals surface area (Å²) in [7, 11) is 0. The van der Waals surface area contributed by atoms with Gasteiger partial charge >= 0.3 is 0 Å². The quantitative estimate of drug-likeness (QED) is 0.779. The predicted octanol–water partition coefficient (Wildman–Crippen LogP) is 3.03. The van der Waals surface area contributed by atoms with Gasteiger partial charge in [-0.05, 0) is 63.5 Å². The Labute approximate surface area is 113 Å². The molecule has 0 amide bonds. The van der Waals surface area contributed by atoms with Gasteiger partial charge in [0.15, 0.2) is 0 Å². The van der Waals surface area contributed by atoms with Gasteiger partial charge in [-0.25, -0.2) is 0 Å². The monoisotopic (exact) mass is 250 g/mol. The van der Waals surface area contributed by atoms with Crippen molar-refractivity contribution in [1.82, 2.24) is 10.2 Å². The normalized spacial score (nSPS) is 32.2. The maximum atomic E-state index is 3.74. The number of hydrogen-bond donors (Lipinski definition) is 1. The lowest BCUT2D eigenvalue weighted by atomic mass is 9.95. The lowest BCUT2D eigenvalue weighted by Crippen LogP contribution is -2.46. The fourth-order valence-corrected chi connectivity index (χ4v) is 4.35. The van der Waals surface area contributed by atoms with Crippen molar-refractivity contribution in [2.24, 2.45) is 11.8 Å². The van der Waals surface area contributed by atoms with Gasteiger partial charge in [0.05, 0.1) is 0 Å². The summed E-state index contributed by atoms with van der Waals surface area (Å²) in [5.74, 6) is 2.03. The van der Waals surface area contributed by atoms with E-state index >= 15 is 0 Å². The standard InChI is InChI=1S/C16H30N2/c1-2-17-15(13-9-10-13)12-18-11-5-8-16(18)14-6-3-4-7-14/h13-17H,2-12H2,1H3. The fraction of sp³-hybridized carbons (Fsp3) is 1.00. The van der Waals surface area contributed by atoms with Gasteiger partial charge in [-0.2, -0.15) is 0 Å². The lowest BCUT2D eigenvalue weighted by molar-refractivity contribution is 0.167. The van der Waals surface area contributed by atoms with Gasteiger partial charge in [-0.15, -0.1) is 0 Å². The van der Waals surface area contributed by atoms with Crippen LogP contribution in [0.5, 0.6) is 0 Å². The summed E-state index contributed by atoms with van der Waals surface area (Å²) in [6.07, 6.45) is 11.9. The maximum Gasteiger partial charge on any atom is 0.0223 e. The molecule has 0 spiro atoms. The molecule has 2 atom stereocenters. The van der Waals surface area contributed by atoms with Gasteiger partial charge in [0.25, 0.3) is 0 Å². The smallest absolute Gasteiger partial charge is 0.0223 e. The van der Waals surface area contributed by atoms with E-state index in [0.717, 1.165) is 30.5 Å². The highest BCUT2D eigenvalue weighted by Crippen LogP contribution is 2.37. The highest BCUT2D eigenvalue weighted by atomic mass is 15.2. The van der Waals surface area contributed by atoms with Crippen LogP contribution in [0.3, 0.4) is 0 Å². The zero-order chi connectivity index (χ0) is 12.4. The SMILES string of the molecule is CCNC(CN1CCCC1C1CCCC1)C1CC1. The average molecular weight is 250 g/mol. The molecule has 2 nitrogen and oxygen atoms in total. The molecular formula is C16H30N2. The molecule has 1 N–H and O–H groups in total. The minimum absolute atomic E-state index is 0.789. The molecule has 0 radical (unpaired) electrons. The largest absolute Gasteiger partial charge is 0.313 e. The number of nitrogens with zero attached hydrogens (tertiary/aromatic N) is 1. The Kier molecular flexibility index (Phi) is 4.25. The molecule has 3 rings (SSSR count). The van der Waals surface area contributed by atoms with Crippen molar-refractivity contribution < 1.29 is 0 Å². The zero-order valence-electron chi connectivity index (χ0n) is 12.0. The van der Waals surface area contributed by atoms with E-state index in [1.54, 1.807) is 0 Å². The van der Waals surface area contributed by atoms with Crippen molar-refractivity contribution >= 4 is 0 Å². The molecule has 2 saturated carbocycles. The molecule has 2 heteroatoms. The van der Waals surface area contributed by atoms with Crippen LogP contribution in [0.1, 0.15) is 58.3 Å². The second kappa shape index (κ2) is 5.92. The third-order valence-corrected chi connectivity index (χ3v) is 5.45. The van der Waals surface area contributed by atoms with Crippen LogP contribution in [0, 0.1) is 11.8 Å². The summed E-state index contributed by atoms with van der Waals surface area (Å²) in [4.78, 5) is 2.85. The van der Waals surface area contributed by atoms with Crippen molar-refractivity contribution in [2.75, 3.05) is 19.6 Å². The Morgan fingerprint density at radius 3 is 2.50 bits per heavy atom. The van der Waals surface area contributed by atoms with Crippen molar-refractivity contribution in [2.45, 2.75) is 70.4 Å². The highest BCUT2D eigenvalue weighted by molar-refractivity contribution is 4.93. The molecule has 0 bridgehead atoms. The van der Waals surface area contributed by atoms with Crippen molar-refractivity contribution in [3.8, 4) is 0 Å². The summed E-state index contributed by atoms with van der Waals surface area (Å²) in [6.45, 7) is 6.10. The molecule has 2 unspecified atom stereocenters. The molecule has 1 heterocycles. The maximum absolute atomic E-state index is 3.74. The minimum atomic E-state index is 0.789. The summed E-state index contributed by atoms with van der Waals surface area (Å²) < 4.78 is 0. The molecule has 2 aliphatic carbocycles. The van der Waals surface area contributed by atoms with E-state index in [4.69, 9.17) is 0 Å². The summed E-state index contributed by atoms with van der Waals surface area (Å²) in [5, 5.41) is 3.74. The van der Waals surface area contributed by atoms with Gasteiger partial charge in [-0.3, -0.25) is 4.90 Å². The third-order valence-electron chi connectivity index (χ3n) is 5.45. The minimum Gasteiger partial charge on any atom is -0.313 e. The number of nitrogens with one attached hydrogen (secondary N) is 1. The molecule has 1 aliphatic heterocycles. The summed E-state index contributed by atoms with van der Waals surface area (Å²) in [6, 6.07) is 1.73. The van der Waals surface area contributed by atoms with Crippen LogP contribution in [0.4, 0.5) is 0 Å². The molecule has 0 aromatic heterocycles. The molecule has 0 aromatic carbocycles. The van der Waals surface area contributed by atoms with Crippen LogP contribution in [0.25, 0.3) is 0 Å². The highest BCUT2D eigenvalue weighted by Gasteiger charge is 2.37. The molecule has 1 saturated heterocycles. The van der Waals surface area contributed by atoms with Crippen molar-refractivity contribution in [3.05, 3.63) is 0 Å². The lowest BCUT2D eigenvalue weighted by Gasteiger charge is -2.32. The predicted molar refractivity (Wildman–Crippen MR) is 76.7 cm³/mol. The number of likely N-dealkylation sites (tertiary alicyclic amines) is 1. The number of likely N-dealkylation sites (N-methyl/N-ethyl adjacent to an activating group) is 1. The third kappa shape index (κ3) is 2.91. The van der Waals surface area contributed by atoms with Gasteiger partial charge in [0.2, 0.25) is 0 Å². The topological polar surface area (TPSA) is 15.3 Å². The van der Waals surface area contributed by atoms with E-state index in [-0.39, 0.29) is 0 Å². The zero-order valence-corrected chi connectivity index (χ0v) is 12.0. The second-order valence-corrected chi connectivity index (χ2v) is 6.75. The van der Waals surface area contributed by atoms with E-state index in [9.17, 15) is 0 Å². The Bertz CT molecular complexity index is 256. The van der Waals surface area contributed by atoms with Gasteiger partial charge in [0, 0.05) is 18.6 Å². The first-order valence-corrected chi connectivity index (χ1v) is 8.36. The Morgan fingerprint density at radius 2 is 1.83 bits per heavy atom. The Balaban J connectivity index is 1.55. The van der Waals surface area contributed by atoms with Crippen molar-refractivity contribution in [1.29, 1.82) is 0 Å². The average Bonchev–Trinajstić information content (AvgIpc) is 2.90. The van der Waals surface area contributed by atoms with Crippen LogP contribution >= 0.6 is 0 Å². The van der Waals surface area contributed by atoms with Crippen LogP contribution in [0.2, 0.25) is 0 Å². The first-order valence-electron chi connectivity index (χ1n) is 8.36. The number of rotatable bonds is 6. The Morgan fingerprint density at radius 1 is 1.06 bits per heavy atom. The molecule has 0 aromatic rings. The first-order chi connectivity index (χ1) is 8.88. The van der Waals surface area contributed by atoms with Crippen LogP contribution in [-0.4, -0.2) is 36.6 Å². The van der Waals surface area contributed by atoms with Crippen LogP contribution < -0.4 is 5.32 Å².